The fourth-order valence-electron chi connectivity index (χ4n) is 3.07. The lowest BCUT2D eigenvalue weighted by atomic mass is 9.93. The number of aromatic nitrogens is 4. The largest absolute Gasteiger partial charge is 0.372 e. The van der Waals surface area contributed by atoms with E-state index in [4.69, 9.17) is 5.73 Å². The molecule has 3 N–H and O–H groups in total. The van der Waals surface area contributed by atoms with Crippen molar-refractivity contribution in [1.29, 1.82) is 0 Å². The molecule has 0 amide bonds. The van der Waals surface area contributed by atoms with Crippen LogP contribution >= 0.6 is 0 Å². The third-order valence-corrected chi connectivity index (χ3v) is 4.17. The summed E-state index contributed by atoms with van der Waals surface area (Å²) < 4.78 is 0. The topological polar surface area (TPSA) is 92.8 Å². The fraction of sp³-hybridized carbons (Fsp3) is 0.500. The van der Waals surface area contributed by atoms with Gasteiger partial charge in [0.05, 0.1) is 5.69 Å². The van der Waals surface area contributed by atoms with Crippen molar-refractivity contribution in [3.05, 3.63) is 29.6 Å². The Hall–Kier alpha value is -2.44. The highest BCUT2D eigenvalue weighted by molar-refractivity contribution is 5.43. The van der Waals surface area contributed by atoms with Crippen LogP contribution in [-0.2, 0) is 6.42 Å². The zero-order chi connectivity index (χ0) is 16.2. The summed E-state index contributed by atoms with van der Waals surface area (Å²) in [5, 5.41) is 11.4. The molecule has 1 saturated heterocycles. The van der Waals surface area contributed by atoms with E-state index < -0.39 is 0 Å². The van der Waals surface area contributed by atoms with Crippen molar-refractivity contribution in [3.63, 3.8) is 0 Å². The van der Waals surface area contributed by atoms with Gasteiger partial charge in [-0.3, -0.25) is 0 Å². The van der Waals surface area contributed by atoms with Crippen molar-refractivity contribution in [2.45, 2.75) is 26.2 Å². The summed E-state index contributed by atoms with van der Waals surface area (Å²) in [6.07, 6.45) is 3.29. The van der Waals surface area contributed by atoms with Crippen LogP contribution in [0, 0.1) is 12.8 Å². The molecule has 1 fully saturated rings. The van der Waals surface area contributed by atoms with E-state index in [1.165, 1.54) is 6.42 Å². The average molecular weight is 313 g/mol. The van der Waals surface area contributed by atoms with E-state index in [1.807, 2.05) is 32.2 Å². The highest BCUT2D eigenvalue weighted by Gasteiger charge is 2.22. The van der Waals surface area contributed by atoms with Gasteiger partial charge in [0.1, 0.15) is 11.6 Å². The van der Waals surface area contributed by atoms with Gasteiger partial charge in [0, 0.05) is 31.9 Å². The first-order valence-corrected chi connectivity index (χ1v) is 8.00. The molecule has 1 aliphatic heterocycles. The second-order valence-corrected chi connectivity index (χ2v) is 6.04. The summed E-state index contributed by atoms with van der Waals surface area (Å²) in [5.41, 5.74) is 7.72. The van der Waals surface area contributed by atoms with Crippen LogP contribution in [0.15, 0.2) is 18.2 Å². The van der Waals surface area contributed by atoms with E-state index in [2.05, 4.69) is 30.4 Å². The molecule has 0 bridgehead atoms. The summed E-state index contributed by atoms with van der Waals surface area (Å²) in [7, 11) is 1.85. The zero-order valence-corrected chi connectivity index (χ0v) is 13.7. The van der Waals surface area contributed by atoms with Gasteiger partial charge < -0.3 is 16.0 Å². The van der Waals surface area contributed by atoms with Gasteiger partial charge in [-0.1, -0.05) is 0 Å². The van der Waals surface area contributed by atoms with Gasteiger partial charge in [-0.05, 0) is 44.2 Å². The van der Waals surface area contributed by atoms with Gasteiger partial charge in [-0.15, -0.1) is 5.10 Å². The van der Waals surface area contributed by atoms with Gasteiger partial charge in [-0.2, -0.15) is 10.1 Å². The Balaban J connectivity index is 1.67. The number of nitrogens with two attached hydrogens (primary N) is 1. The van der Waals surface area contributed by atoms with Gasteiger partial charge >= 0.3 is 0 Å². The summed E-state index contributed by atoms with van der Waals surface area (Å²) in [6.45, 7) is 3.92. The molecule has 0 saturated carbocycles. The molecule has 3 heterocycles. The lowest BCUT2D eigenvalue weighted by molar-refractivity contribution is 0.407. The summed E-state index contributed by atoms with van der Waals surface area (Å²) >= 11 is 0. The molecule has 1 aliphatic rings. The van der Waals surface area contributed by atoms with Crippen LogP contribution in [0.3, 0.4) is 0 Å². The Kier molecular flexibility index (Phi) is 4.55. The quantitative estimate of drug-likeness (QED) is 0.886. The molecule has 2 aromatic heterocycles. The highest BCUT2D eigenvalue weighted by atomic mass is 15.2. The number of rotatable bonds is 4. The van der Waals surface area contributed by atoms with Crippen LogP contribution in [0.4, 0.5) is 17.6 Å². The molecule has 7 nitrogen and oxygen atoms in total. The Morgan fingerprint density at radius 3 is 2.87 bits per heavy atom. The van der Waals surface area contributed by atoms with Crippen LogP contribution in [0.25, 0.3) is 0 Å². The Morgan fingerprint density at radius 2 is 2.17 bits per heavy atom. The van der Waals surface area contributed by atoms with E-state index in [9.17, 15) is 0 Å². The zero-order valence-electron chi connectivity index (χ0n) is 13.7. The number of anilines is 3. The molecule has 0 aliphatic carbocycles. The molecule has 23 heavy (non-hydrogen) atoms. The minimum absolute atomic E-state index is 0.343. The number of piperidine rings is 1. The van der Waals surface area contributed by atoms with E-state index in [1.54, 1.807) is 0 Å². The predicted octanol–water partition coefficient (Wildman–Crippen LogP) is 1.66. The molecule has 0 unspecified atom stereocenters. The average Bonchev–Trinajstić information content (AvgIpc) is 2.55. The maximum absolute atomic E-state index is 5.78. The van der Waals surface area contributed by atoms with E-state index >= 15 is 0 Å². The van der Waals surface area contributed by atoms with Crippen LogP contribution in [0.2, 0.25) is 0 Å². The first-order valence-electron chi connectivity index (χ1n) is 8.00. The van der Waals surface area contributed by atoms with Crippen LogP contribution < -0.4 is 16.0 Å². The molecule has 2 aromatic rings. The predicted molar refractivity (Wildman–Crippen MR) is 91.4 cm³/mol. The van der Waals surface area contributed by atoms with Gasteiger partial charge in [0.25, 0.3) is 0 Å². The standard InChI is InChI=1S/C16H23N7/c1-11-8-15(20-16(17)19-11)23-7-3-4-12(10-23)9-13-5-6-14(18-2)22-21-13/h5-6,8,12H,3-4,7,9-10H2,1-2H3,(H,18,22)(H2,17,19,20)/t12-/m1/s1. The van der Waals surface area contributed by atoms with E-state index in [0.29, 0.717) is 11.9 Å². The minimum atomic E-state index is 0.343. The molecule has 122 valence electrons. The summed E-state index contributed by atoms with van der Waals surface area (Å²) in [6, 6.07) is 6.02. The number of aryl methyl sites for hydroxylation is 1. The second-order valence-electron chi connectivity index (χ2n) is 6.04. The molecule has 3 rings (SSSR count). The summed E-state index contributed by atoms with van der Waals surface area (Å²) in [5.74, 6) is 2.62. The molecule has 0 spiro atoms. The van der Waals surface area contributed by atoms with Crippen LogP contribution in [-0.4, -0.2) is 40.3 Å². The maximum atomic E-state index is 5.78. The second kappa shape index (κ2) is 6.76. The minimum Gasteiger partial charge on any atom is -0.372 e. The Labute approximate surface area is 136 Å². The summed E-state index contributed by atoms with van der Waals surface area (Å²) in [4.78, 5) is 10.8. The van der Waals surface area contributed by atoms with Crippen molar-refractivity contribution in [1.82, 2.24) is 20.2 Å². The van der Waals surface area contributed by atoms with Gasteiger partial charge in [0.15, 0.2) is 0 Å². The lowest BCUT2D eigenvalue weighted by Gasteiger charge is -2.33. The third-order valence-electron chi connectivity index (χ3n) is 4.17. The molecule has 1 atom stereocenters. The Bertz CT molecular complexity index is 636. The smallest absolute Gasteiger partial charge is 0.222 e. The van der Waals surface area contributed by atoms with Gasteiger partial charge in [0.2, 0.25) is 5.95 Å². The third kappa shape index (κ3) is 3.85. The first-order chi connectivity index (χ1) is 11.1. The Morgan fingerprint density at radius 1 is 1.30 bits per heavy atom. The SMILES string of the molecule is CNc1ccc(C[C@H]2CCCN(c3cc(C)nc(N)n3)C2)nn1. The number of hydrogen-bond donors (Lipinski definition) is 2. The number of nitrogens with one attached hydrogen (secondary N) is 1. The molecular formula is C16H23N7. The molecule has 0 aromatic carbocycles. The maximum Gasteiger partial charge on any atom is 0.222 e. The highest BCUT2D eigenvalue weighted by Crippen LogP contribution is 2.24. The van der Waals surface area contributed by atoms with Gasteiger partial charge in [-0.25, -0.2) is 4.98 Å². The van der Waals surface area contributed by atoms with Crippen molar-refractivity contribution >= 4 is 17.6 Å². The number of nitrogen functional groups attached to an aromatic ring is 1. The van der Waals surface area contributed by atoms with Crippen molar-refractivity contribution < 1.29 is 0 Å². The van der Waals surface area contributed by atoms with Crippen molar-refractivity contribution in [2.24, 2.45) is 5.92 Å². The monoisotopic (exact) mass is 313 g/mol. The molecule has 0 radical (unpaired) electrons. The van der Waals surface area contributed by atoms with Crippen molar-refractivity contribution in [3.8, 4) is 0 Å². The fourth-order valence-corrected chi connectivity index (χ4v) is 3.07. The number of nitrogens with zero attached hydrogens (tertiary/aromatic N) is 5. The van der Waals surface area contributed by atoms with E-state index in [-0.39, 0.29) is 0 Å². The molecule has 7 heteroatoms. The van der Waals surface area contributed by atoms with Crippen LogP contribution in [0.5, 0.6) is 0 Å². The number of hydrogen-bond acceptors (Lipinski definition) is 7. The normalized spacial score (nSPS) is 18.0. The van der Waals surface area contributed by atoms with Crippen LogP contribution in [0.1, 0.15) is 24.2 Å². The first kappa shape index (κ1) is 15.5. The van der Waals surface area contributed by atoms with E-state index in [0.717, 1.165) is 49.0 Å². The van der Waals surface area contributed by atoms with Crippen molar-refractivity contribution in [2.75, 3.05) is 36.1 Å². The molecular weight excluding hydrogens is 290 g/mol. The lowest BCUT2D eigenvalue weighted by Crippen LogP contribution is -2.37.